The topological polar surface area (TPSA) is 99.2 Å². The van der Waals surface area contributed by atoms with E-state index in [0.717, 1.165) is 11.3 Å². The van der Waals surface area contributed by atoms with E-state index in [1.54, 1.807) is 16.5 Å². The minimum absolute atomic E-state index is 0.0854. The Balaban J connectivity index is 1.37. The van der Waals surface area contributed by atoms with E-state index >= 15 is 0 Å². The Kier molecular flexibility index (Phi) is 5.39. The van der Waals surface area contributed by atoms with Crippen molar-refractivity contribution >= 4 is 39.9 Å². The van der Waals surface area contributed by atoms with Crippen molar-refractivity contribution in [1.29, 1.82) is 0 Å². The number of aromatic nitrogens is 2. The molecule has 8 nitrogen and oxygen atoms in total. The first-order valence-electron chi connectivity index (χ1n) is 9.20. The van der Waals surface area contributed by atoms with Crippen molar-refractivity contribution in [3.63, 3.8) is 0 Å². The number of hydrogen-bond donors (Lipinski definition) is 3. The third kappa shape index (κ3) is 4.35. The maximum Gasteiger partial charge on any atom is 0.321 e. The summed E-state index contributed by atoms with van der Waals surface area (Å²) in [6, 6.07) is 12.9. The number of benzene rings is 1. The third-order valence-electron chi connectivity index (χ3n) is 4.55. The van der Waals surface area contributed by atoms with Crippen LogP contribution in [0.4, 0.5) is 21.4 Å². The molecule has 1 fully saturated rings. The molecule has 3 N–H and O–H groups in total. The van der Waals surface area contributed by atoms with E-state index in [1.165, 1.54) is 11.3 Å². The van der Waals surface area contributed by atoms with Gasteiger partial charge >= 0.3 is 6.03 Å². The van der Waals surface area contributed by atoms with Crippen molar-refractivity contribution in [2.75, 3.05) is 23.3 Å². The third-order valence-corrected chi connectivity index (χ3v) is 5.30. The number of rotatable bonds is 6. The lowest BCUT2D eigenvalue weighted by Crippen LogP contribution is -2.28. The van der Waals surface area contributed by atoms with Gasteiger partial charge in [0.25, 0.3) is 5.91 Å². The zero-order valence-electron chi connectivity index (χ0n) is 15.8. The second kappa shape index (κ2) is 8.27. The Labute approximate surface area is 172 Å². The van der Waals surface area contributed by atoms with E-state index in [9.17, 15) is 9.59 Å². The van der Waals surface area contributed by atoms with Crippen molar-refractivity contribution in [1.82, 2.24) is 20.6 Å². The summed E-state index contributed by atoms with van der Waals surface area (Å²) in [6.45, 7) is 3.22. The van der Waals surface area contributed by atoms with Gasteiger partial charge in [-0.25, -0.2) is 14.8 Å². The monoisotopic (exact) mass is 408 g/mol. The smallest absolute Gasteiger partial charge is 0.321 e. The number of thiazole rings is 1. The van der Waals surface area contributed by atoms with E-state index in [0.29, 0.717) is 29.7 Å². The molecule has 1 aliphatic heterocycles. The SMILES string of the molecule is CC(NC(=O)c1csc(Nc2ccccn2)n1)c1ccc(N2CCNC2=O)cc1. The summed E-state index contributed by atoms with van der Waals surface area (Å²) in [7, 11) is 0. The molecule has 148 valence electrons. The summed E-state index contributed by atoms with van der Waals surface area (Å²) >= 11 is 1.35. The summed E-state index contributed by atoms with van der Waals surface area (Å²) < 4.78 is 0. The summed E-state index contributed by atoms with van der Waals surface area (Å²) in [6.07, 6.45) is 1.69. The van der Waals surface area contributed by atoms with Crippen LogP contribution in [0.15, 0.2) is 54.0 Å². The summed E-state index contributed by atoms with van der Waals surface area (Å²) in [5.74, 6) is 0.430. The van der Waals surface area contributed by atoms with Gasteiger partial charge in [0.2, 0.25) is 0 Å². The normalized spacial score (nSPS) is 14.4. The van der Waals surface area contributed by atoms with Gasteiger partial charge in [-0.05, 0) is 36.8 Å². The summed E-state index contributed by atoms with van der Waals surface area (Å²) in [5.41, 5.74) is 2.14. The van der Waals surface area contributed by atoms with Crippen LogP contribution in [0.3, 0.4) is 0 Å². The number of carbonyl (C=O) groups is 2. The Morgan fingerprint density at radius 2 is 2.07 bits per heavy atom. The lowest BCUT2D eigenvalue weighted by molar-refractivity contribution is 0.0935. The van der Waals surface area contributed by atoms with Crippen LogP contribution in [0.25, 0.3) is 0 Å². The van der Waals surface area contributed by atoms with Crippen LogP contribution in [0, 0.1) is 0 Å². The number of amides is 3. The molecular formula is C20H20N6O2S. The van der Waals surface area contributed by atoms with E-state index < -0.39 is 0 Å². The fraction of sp³-hybridized carbons (Fsp3) is 0.200. The van der Waals surface area contributed by atoms with Crippen molar-refractivity contribution in [2.24, 2.45) is 0 Å². The van der Waals surface area contributed by atoms with Gasteiger partial charge < -0.3 is 16.0 Å². The molecule has 0 spiro atoms. The van der Waals surface area contributed by atoms with E-state index in [4.69, 9.17) is 0 Å². The number of urea groups is 1. The van der Waals surface area contributed by atoms with E-state index in [-0.39, 0.29) is 18.0 Å². The fourth-order valence-electron chi connectivity index (χ4n) is 3.00. The number of carbonyl (C=O) groups excluding carboxylic acids is 2. The highest BCUT2D eigenvalue weighted by Gasteiger charge is 2.21. The molecule has 1 aromatic carbocycles. The highest BCUT2D eigenvalue weighted by atomic mass is 32.1. The van der Waals surface area contributed by atoms with Crippen LogP contribution >= 0.6 is 11.3 Å². The second-order valence-corrected chi connectivity index (χ2v) is 7.41. The van der Waals surface area contributed by atoms with Gasteiger partial charge in [-0.3, -0.25) is 9.69 Å². The van der Waals surface area contributed by atoms with Crippen LogP contribution in [0.1, 0.15) is 29.0 Å². The maximum atomic E-state index is 12.5. The first-order chi connectivity index (χ1) is 14.1. The number of nitrogens with one attached hydrogen (secondary N) is 3. The van der Waals surface area contributed by atoms with Crippen LogP contribution in [0.2, 0.25) is 0 Å². The average Bonchev–Trinajstić information content (AvgIpc) is 3.38. The molecule has 4 rings (SSSR count). The zero-order chi connectivity index (χ0) is 20.2. The molecule has 1 unspecified atom stereocenters. The molecule has 0 radical (unpaired) electrons. The Hall–Kier alpha value is -3.46. The number of pyridine rings is 1. The molecule has 1 aliphatic rings. The van der Waals surface area contributed by atoms with Gasteiger partial charge in [0.1, 0.15) is 11.5 Å². The highest BCUT2D eigenvalue weighted by Crippen LogP contribution is 2.22. The van der Waals surface area contributed by atoms with Crippen LogP contribution < -0.4 is 20.9 Å². The van der Waals surface area contributed by atoms with Crippen molar-refractivity contribution in [2.45, 2.75) is 13.0 Å². The van der Waals surface area contributed by atoms with Crippen LogP contribution in [-0.4, -0.2) is 35.0 Å². The predicted molar refractivity (Wildman–Crippen MR) is 113 cm³/mol. The first kappa shape index (κ1) is 18.9. The van der Waals surface area contributed by atoms with Gasteiger partial charge in [-0.1, -0.05) is 18.2 Å². The quantitative estimate of drug-likeness (QED) is 0.581. The summed E-state index contributed by atoms with van der Waals surface area (Å²) in [4.78, 5) is 34.5. The minimum Gasteiger partial charge on any atom is -0.344 e. The van der Waals surface area contributed by atoms with Gasteiger partial charge in [0.15, 0.2) is 5.13 Å². The van der Waals surface area contributed by atoms with Crippen molar-refractivity contribution < 1.29 is 9.59 Å². The lowest BCUT2D eigenvalue weighted by Gasteiger charge is -2.17. The predicted octanol–water partition coefficient (Wildman–Crippen LogP) is 3.30. The molecular weight excluding hydrogens is 388 g/mol. The van der Waals surface area contributed by atoms with Crippen LogP contribution in [0.5, 0.6) is 0 Å². The number of nitrogens with zero attached hydrogens (tertiary/aromatic N) is 3. The zero-order valence-corrected chi connectivity index (χ0v) is 16.6. The number of anilines is 3. The Bertz CT molecular complexity index is 1010. The number of hydrogen-bond acceptors (Lipinski definition) is 6. The molecule has 3 heterocycles. The summed E-state index contributed by atoms with van der Waals surface area (Å²) in [5, 5.41) is 11.1. The minimum atomic E-state index is -0.245. The standard InChI is InChI=1S/C20H20N6O2S/c1-13(14-5-7-15(8-6-14)26-11-10-22-20(26)28)23-18(27)16-12-29-19(24-16)25-17-4-2-3-9-21-17/h2-9,12-13H,10-11H2,1H3,(H,22,28)(H,23,27)(H,21,24,25). The molecule has 0 bridgehead atoms. The average molecular weight is 408 g/mol. The molecule has 1 saturated heterocycles. The molecule has 2 aromatic heterocycles. The lowest BCUT2D eigenvalue weighted by atomic mass is 10.1. The van der Waals surface area contributed by atoms with E-state index in [1.807, 2.05) is 49.4 Å². The molecule has 0 aliphatic carbocycles. The van der Waals surface area contributed by atoms with Crippen molar-refractivity contribution in [3.05, 3.63) is 65.3 Å². The maximum absolute atomic E-state index is 12.5. The fourth-order valence-corrected chi connectivity index (χ4v) is 3.69. The molecule has 1 atom stereocenters. The molecule has 0 saturated carbocycles. The molecule has 29 heavy (non-hydrogen) atoms. The Morgan fingerprint density at radius 1 is 1.24 bits per heavy atom. The second-order valence-electron chi connectivity index (χ2n) is 6.55. The van der Waals surface area contributed by atoms with Gasteiger partial charge in [-0.2, -0.15) is 0 Å². The highest BCUT2D eigenvalue weighted by molar-refractivity contribution is 7.14. The largest absolute Gasteiger partial charge is 0.344 e. The molecule has 3 aromatic rings. The molecule has 3 amide bonds. The van der Waals surface area contributed by atoms with Crippen LogP contribution in [-0.2, 0) is 0 Å². The van der Waals surface area contributed by atoms with Gasteiger partial charge in [-0.15, -0.1) is 11.3 Å². The van der Waals surface area contributed by atoms with Crippen molar-refractivity contribution in [3.8, 4) is 0 Å². The van der Waals surface area contributed by atoms with Gasteiger partial charge in [0.05, 0.1) is 6.04 Å². The molecule has 9 heteroatoms. The van der Waals surface area contributed by atoms with Gasteiger partial charge in [0, 0.05) is 30.4 Å². The first-order valence-corrected chi connectivity index (χ1v) is 10.1. The Morgan fingerprint density at radius 3 is 2.76 bits per heavy atom. The van der Waals surface area contributed by atoms with E-state index in [2.05, 4.69) is 25.9 Å².